The van der Waals surface area contributed by atoms with Crippen LogP contribution in [0, 0.1) is 17.8 Å². The predicted molar refractivity (Wildman–Crippen MR) is 135 cm³/mol. The van der Waals surface area contributed by atoms with Crippen molar-refractivity contribution in [2.45, 2.75) is 25.8 Å². The van der Waals surface area contributed by atoms with Gasteiger partial charge < -0.3 is 4.90 Å². The lowest BCUT2D eigenvalue weighted by Crippen LogP contribution is -2.46. The van der Waals surface area contributed by atoms with Crippen LogP contribution in [0.3, 0.4) is 0 Å². The van der Waals surface area contributed by atoms with Crippen LogP contribution in [0.2, 0.25) is 0 Å². The highest BCUT2D eigenvalue weighted by atomic mass is 16.2. The maximum atomic E-state index is 13.0. The Hall–Kier alpha value is -2.91. The predicted octanol–water partition coefficient (Wildman–Crippen LogP) is 5.51. The second kappa shape index (κ2) is 9.93. The minimum Gasteiger partial charge on any atom is -0.345 e. The standard InChI is InChI=1S/C30H34N2O/c1-31(30(33)18-23-12-14-26(15-13-23)25-10-6-3-7-11-25)22-29-27-16-17-28(29)21-32(20-27)19-24-8-4-2-5-9-24/h2-15,27-29H,16-22H2,1H3. The van der Waals surface area contributed by atoms with E-state index in [0.717, 1.165) is 18.7 Å². The molecular weight excluding hydrogens is 404 g/mol. The first-order valence-electron chi connectivity index (χ1n) is 12.3. The lowest BCUT2D eigenvalue weighted by atomic mass is 9.84. The van der Waals surface area contributed by atoms with Gasteiger partial charge >= 0.3 is 0 Å². The number of carbonyl (C=O) groups is 1. The number of carbonyl (C=O) groups excluding carboxylic acids is 1. The van der Waals surface area contributed by atoms with Crippen molar-refractivity contribution in [1.29, 1.82) is 0 Å². The first-order valence-corrected chi connectivity index (χ1v) is 12.3. The minimum absolute atomic E-state index is 0.230. The van der Waals surface area contributed by atoms with Crippen LogP contribution in [0.25, 0.3) is 11.1 Å². The van der Waals surface area contributed by atoms with E-state index < -0.39 is 0 Å². The number of fused-ring (bicyclic) bond motifs is 2. The number of likely N-dealkylation sites (N-methyl/N-ethyl adjacent to an activating group) is 1. The minimum atomic E-state index is 0.230. The molecule has 2 fully saturated rings. The zero-order valence-corrected chi connectivity index (χ0v) is 19.6. The highest BCUT2D eigenvalue weighted by Gasteiger charge is 2.42. The van der Waals surface area contributed by atoms with Gasteiger partial charge in [-0.25, -0.2) is 0 Å². The van der Waals surface area contributed by atoms with Crippen molar-refractivity contribution in [3.63, 3.8) is 0 Å². The monoisotopic (exact) mass is 438 g/mol. The number of nitrogens with zero attached hydrogens (tertiary/aromatic N) is 2. The van der Waals surface area contributed by atoms with Gasteiger partial charge in [0.1, 0.15) is 0 Å². The molecular formula is C30H34N2O. The molecule has 5 rings (SSSR count). The Labute approximate surface area is 198 Å². The molecule has 2 unspecified atom stereocenters. The van der Waals surface area contributed by atoms with Crippen LogP contribution in [0.15, 0.2) is 84.9 Å². The summed E-state index contributed by atoms with van der Waals surface area (Å²) in [7, 11) is 2.00. The summed E-state index contributed by atoms with van der Waals surface area (Å²) in [5.74, 6) is 2.31. The molecule has 170 valence electrons. The fraction of sp³-hybridized carbons (Fsp3) is 0.367. The fourth-order valence-electron chi connectivity index (χ4n) is 5.87. The second-order valence-electron chi connectivity index (χ2n) is 9.96. The van der Waals surface area contributed by atoms with Crippen LogP contribution in [0.4, 0.5) is 0 Å². The third-order valence-electron chi connectivity index (χ3n) is 7.68. The van der Waals surface area contributed by atoms with Crippen molar-refractivity contribution in [3.05, 3.63) is 96.1 Å². The third kappa shape index (κ3) is 5.20. The molecule has 1 aliphatic heterocycles. The average Bonchev–Trinajstić information content (AvgIpc) is 3.08. The summed E-state index contributed by atoms with van der Waals surface area (Å²) < 4.78 is 0. The van der Waals surface area contributed by atoms with E-state index in [0.29, 0.717) is 24.2 Å². The molecule has 2 aliphatic rings. The Morgan fingerprint density at radius 3 is 2.00 bits per heavy atom. The molecule has 3 heteroatoms. The van der Waals surface area contributed by atoms with Gasteiger partial charge in [0.15, 0.2) is 0 Å². The number of rotatable bonds is 7. The number of amides is 1. The summed E-state index contributed by atoms with van der Waals surface area (Å²) in [5, 5.41) is 0. The Morgan fingerprint density at radius 1 is 0.788 bits per heavy atom. The molecule has 3 aromatic carbocycles. The summed E-state index contributed by atoms with van der Waals surface area (Å²) in [4.78, 5) is 17.6. The van der Waals surface area contributed by atoms with Gasteiger partial charge in [0.05, 0.1) is 6.42 Å². The fourth-order valence-corrected chi connectivity index (χ4v) is 5.87. The zero-order valence-electron chi connectivity index (χ0n) is 19.6. The molecule has 2 atom stereocenters. The van der Waals surface area contributed by atoms with E-state index in [1.165, 1.54) is 42.6 Å². The van der Waals surface area contributed by atoms with E-state index in [-0.39, 0.29) is 5.91 Å². The van der Waals surface area contributed by atoms with Crippen LogP contribution in [0.5, 0.6) is 0 Å². The maximum absolute atomic E-state index is 13.0. The van der Waals surface area contributed by atoms with Crippen molar-refractivity contribution in [3.8, 4) is 11.1 Å². The molecule has 0 spiro atoms. The highest BCUT2D eigenvalue weighted by Crippen LogP contribution is 2.42. The maximum Gasteiger partial charge on any atom is 0.226 e. The Balaban J connectivity index is 1.15. The zero-order chi connectivity index (χ0) is 22.6. The summed E-state index contributed by atoms with van der Waals surface area (Å²) in [5.41, 5.74) is 4.90. The van der Waals surface area contributed by atoms with Gasteiger partial charge in [-0.05, 0) is 52.8 Å². The number of likely N-dealkylation sites (tertiary alicyclic amines) is 1. The third-order valence-corrected chi connectivity index (χ3v) is 7.68. The van der Waals surface area contributed by atoms with Crippen LogP contribution in [-0.4, -0.2) is 42.4 Å². The van der Waals surface area contributed by atoms with E-state index in [1.807, 2.05) is 18.0 Å². The topological polar surface area (TPSA) is 23.6 Å². The van der Waals surface area contributed by atoms with E-state index >= 15 is 0 Å². The SMILES string of the molecule is CN(CC1C2CCC1CN(Cc1ccccc1)C2)C(=O)Cc1ccc(-c2ccccc2)cc1. The van der Waals surface area contributed by atoms with Gasteiger partial charge in [0.2, 0.25) is 5.91 Å². The van der Waals surface area contributed by atoms with Gasteiger partial charge in [-0.15, -0.1) is 0 Å². The molecule has 0 radical (unpaired) electrons. The van der Waals surface area contributed by atoms with Crippen LogP contribution < -0.4 is 0 Å². The molecule has 1 amide bonds. The second-order valence-corrected chi connectivity index (χ2v) is 9.96. The van der Waals surface area contributed by atoms with Gasteiger partial charge in [-0.1, -0.05) is 84.9 Å². The van der Waals surface area contributed by atoms with Crippen molar-refractivity contribution in [1.82, 2.24) is 9.80 Å². The summed E-state index contributed by atoms with van der Waals surface area (Å²) >= 11 is 0. The number of hydrogen-bond donors (Lipinski definition) is 0. The van der Waals surface area contributed by atoms with Gasteiger partial charge in [-0.3, -0.25) is 9.69 Å². The van der Waals surface area contributed by atoms with Crippen LogP contribution in [0.1, 0.15) is 24.0 Å². The molecule has 0 N–H and O–H groups in total. The van der Waals surface area contributed by atoms with E-state index in [4.69, 9.17) is 0 Å². The van der Waals surface area contributed by atoms with Crippen LogP contribution >= 0.6 is 0 Å². The van der Waals surface area contributed by atoms with E-state index in [2.05, 4.69) is 83.8 Å². The number of benzene rings is 3. The Bertz CT molecular complexity index is 1030. The Morgan fingerprint density at radius 2 is 1.36 bits per heavy atom. The number of hydrogen-bond acceptors (Lipinski definition) is 2. The molecule has 1 heterocycles. The lowest BCUT2D eigenvalue weighted by Gasteiger charge is -2.39. The van der Waals surface area contributed by atoms with Gasteiger partial charge in [0.25, 0.3) is 0 Å². The van der Waals surface area contributed by atoms with E-state index in [9.17, 15) is 4.79 Å². The van der Waals surface area contributed by atoms with Crippen molar-refractivity contribution < 1.29 is 4.79 Å². The molecule has 33 heavy (non-hydrogen) atoms. The molecule has 3 aromatic rings. The van der Waals surface area contributed by atoms with Crippen LogP contribution in [-0.2, 0) is 17.8 Å². The van der Waals surface area contributed by atoms with Crippen molar-refractivity contribution in [2.75, 3.05) is 26.7 Å². The van der Waals surface area contributed by atoms with Crippen molar-refractivity contribution in [2.24, 2.45) is 17.8 Å². The van der Waals surface area contributed by atoms with Crippen molar-refractivity contribution >= 4 is 5.91 Å². The van der Waals surface area contributed by atoms with E-state index in [1.54, 1.807) is 0 Å². The molecule has 1 saturated carbocycles. The smallest absolute Gasteiger partial charge is 0.226 e. The molecule has 1 saturated heterocycles. The summed E-state index contributed by atoms with van der Waals surface area (Å²) in [6.45, 7) is 4.28. The summed E-state index contributed by atoms with van der Waals surface area (Å²) in [6, 6.07) is 29.6. The average molecular weight is 439 g/mol. The lowest BCUT2D eigenvalue weighted by molar-refractivity contribution is -0.130. The molecule has 0 aromatic heterocycles. The summed E-state index contributed by atoms with van der Waals surface area (Å²) in [6.07, 6.45) is 3.10. The molecule has 3 nitrogen and oxygen atoms in total. The normalized spacial score (nSPS) is 22.3. The highest BCUT2D eigenvalue weighted by molar-refractivity contribution is 5.78. The molecule has 1 aliphatic carbocycles. The first-order chi connectivity index (χ1) is 16.2. The first kappa shape index (κ1) is 21.9. The molecule has 2 bridgehead atoms. The number of piperidine rings is 1. The largest absolute Gasteiger partial charge is 0.345 e. The Kier molecular flexibility index (Phi) is 6.59. The van der Waals surface area contributed by atoms with Gasteiger partial charge in [-0.2, -0.15) is 0 Å². The van der Waals surface area contributed by atoms with Gasteiger partial charge in [0, 0.05) is 33.2 Å². The quantitative estimate of drug-likeness (QED) is 0.485.